The van der Waals surface area contributed by atoms with Gasteiger partial charge >= 0.3 is 0 Å². The Bertz CT molecular complexity index is 111. The average molecular weight is 218 g/mol. The van der Waals surface area contributed by atoms with E-state index in [4.69, 9.17) is 14.9 Å². The smallest absolute Gasteiger partial charge is 0.0810 e. The summed E-state index contributed by atoms with van der Waals surface area (Å²) in [7, 11) is 0. The van der Waals surface area contributed by atoms with Crippen molar-refractivity contribution in [3.8, 4) is 0 Å². The normalized spacial score (nSPS) is 18.2. The SMILES string of the molecule is CCCCCCCCC1CO1.OCCO. The highest BCUT2D eigenvalue weighted by atomic mass is 16.6. The molecule has 0 bridgehead atoms. The summed E-state index contributed by atoms with van der Waals surface area (Å²) >= 11 is 0. The highest BCUT2D eigenvalue weighted by Crippen LogP contribution is 2.17. The van der Waals surface area contributed by atoms with Crippen LogP contribution in [0, 0.1) is 0 Å². The average Bonchev–Trinajstić information content (AvgIpc) is 3.07. The van der Waals surface area contributed by atoms with E-state index in [1.807, 2.05) is 0 Å². The maximum Gasteiger partial charge on any atom is 0.0810 e. The van der Waals surface area contributed by atoms with Crippen molar-refractivity contribution in [2.75, 3.05) is 19.8 Å². The zero-order valence-electron chi connectivity index (χ0n) is 9.95. The van der Waals surface area contributed by atoms with Crippen LogP contribution in [0.15, 0.2) is 0 Å². The molecule has 3 nitrogen and oxygen atoms in total. The first-order chi connectivity index (χ1) is 7.35. The fraction of sp³-hybridized carbons (Fsp3) is 1.00. The Balaban J connectivity index is 0.000000423. The number of aliphatic hydroxyl groups excluding tert-OH is 2. The Morgan fingerprint density at radius 2 is 1.53 bits per heavy atom. The van der Waals surface area contributed by atoms with E-state index in [1.165, 1.54) is 44.9 Å². The lowest BCUT2D eigenvalue weighted by Gasteiger charge is -1.97. The molecule has 2 N–H and O–H groups in total. The minimum absolute atomic E-state index is 0.125. The van der Waals surface area contributed by atoms with Crippen LogP contribution in [0.4, 0.5) is 0 Å². The molecule has 0 aliphatic carbocycles. The monoisotopic (exact) mass is 218 g/mol. The van der Waals surface area contributed by atoms with Gasteiger partial charge in [-0.3, -0.25) is 0 Å². The molecular weight excluding hydrogens is 192 g/mol. The molecular formula is C12H26O3. The second kappa shape index (κ2) is 12.0. The zero-order valence-corrected chi connectivity index (χ0v) is 9.95. The summed E-state index contributed by atoms with van der Waals surface area (Å²) in [5.74, 6) is 0. The fourth-order valence-corrected chi connectivity index (χ4v) is 1.39. The van der Waals surface area contributed by atoms with E-state index < -0.39 is 0 Å². The Hall–Kier alpha value is -0.120. The van der Waals surface area contributed by atoms with E-state index in [-0.39, 0.29) is 13.2 Å². The lowest BCUT2D eigenvalue weighted by molar-refractivity contribution is 0.186. The topological polar surface area (TPSA) is 53.0 Å². The molecule has 1 atom stereocenters. The second-order valence-electron chi connectivity index (χ2n) is 3.96. The summed E-state index contributed by atoms with van der Waals surface area (Å²) in [6.07, 6.45) is 10.4. The highest BCUT2D eigenvalue weighted by molar-refractivity contribution is 4.68. The molecule has 0 aromatic rings. The van der Waals surface area contributed by atoms with Crippen molar-refractivity contribution in [1.82, 2.24) is 0 Å². The first kappa shape index (κ1) is 14.9. The van der Waals surface area contributed by atoms with Crippen molar-refractivity contribution in [1.29, 1.82) is 0 Å². The molecule has 0 amide bonds. The molecule has 1 heterocycles. The summed E-state index contributed by atoms with van der Waals surface area (Å²) in [5, 5.41) is 15.2. The molecule has 3 heteroatoms. The Morgan fingerprint density at radius 1 is 1.00 bits per heavy atom. The minimum Gasteiger partial charge on any atom is -0.394 e. The molecule has 0 aromatic carbocycles. The number of ether oxygens (including phenoxy) is 1. The number of unbranched alkanes of at least 4 members (excludes halogenated alkanes) is 5. The third kappa shape index (κ3) is 13.9. The summed E-state index contributed by atoms with van der Waals surface area (Å²) < 4.78 is 5.14. The van der Waals surface area contributed by atoms with Crippen molar-refractivity contribution >= 4 is 0 Å². The quantitative estimate of drug-likeness (QED) is 0.484. The number of aliphatic hydroxyl groups is 2. The van der Waals surface area contributed by atoms with Gasteiger partial charge in [-0.2, -0.15) is 0 Å². The lowest BCUT2D eigenvalue weighted by Crippen LogP contribution is -1.85. The third-order valence-corrected chi connectivity index (χ3v) is 2.38. The van der Waals surface area contributed by atoms with Crippen LogP contribution in [0.25, 0.3) is 0 Å². The predicted octanol–water partition coefficient (Wildman–Crippen LogP) is 2.11. The van der Waals surface area contributed by atoms with Gasteiger partial charge in [-0.15, -0.1) is 0 Å². The van der Waals surface area contributed by atoms with Gasteiger partial charge in [-0.05, 0) is 6.42 Å². The number of hydrogen-bond donors (Lipinski definition) is 2. The zero-order chi connectivity index (χ0) is 11.4. The van der Waals surface area contributed by atoms with Crippen LogP contribution in [-0.2, 0) is 4.74 Å². The highest BCUT2D eigenvalue weighted by Gasteiger charge is 2.20. The van der Waals surface area contributed by atoms with Crippen LogP contribution in [-0.4, -0.2) is 36.1 Å². The molecule has 1 aliphatic heterocycles. The van der Waals surface area contributed by atoms with Crippen LogP contribution in [0.2, 0.25) is 0 Å². The van der Waals surface area contributed by atoms with Crippen molar-refractivity contribution in [3.63, 3.8) is 0 Å². The van der Waals surface area contributed by atoms with Crippen molar-refractivity contribution in [3.05, 3.63) is 0 Å². The van der Waals surface area contributed by atoms with Crippen LogP contribution in [0.3, 0.4) is 0 Å². The van der Waals surface area contributed by atoms with E-state index in [2.05, 4.69) is 6.92 Å². The van der Waals surface area contributed by atoms with Crippen molar-refractivity contribution in [2.24, 2.45) is 0 Å². The molecule has 92 valence electrons. The molecule has 1 aliphatic rings. The summed E-state index contributed by atoms with van der Waals surface area (Å²) in [5.41, 5.74) is 0. The van der Waals surface area contributed by atoms with Gasteiger partial charge in [0.1, 0.15) is 0 Å². The van der Waals surface area contributed by atoms with Crippen LogP contribution >= 0.6 is 0 Å². The Morgan fingerprint density at radius 3 is 2.00 bits per heavy atom. The molecule has 1 fully saturated rings. The summed E-state index contributed by atoms with van der Waals surface area (Å²) in [6.45, 7) is 3.05. The lowest BCUT2D eigenvalue weighted by atomic mass is 10.1. The molecule has 0 radical (unpaired) electrons. The molecule has 0 aromatic heterocycles. The van der Waals surface area contributed by atoms with E-state index in [0.29, 0.717) is 6.10 Å². The van der Waals surface area contributed by atoms with Gasteiger partial charge in [0.15, 0.2) is 0 Å². The molecule has 0 spiro atoms. The minimum atomic E-state index is -0.125. The van der Waals surface area contributed by atoms with Gasteiger partial charge in [0.25, 0.3) is 0 Å². The van der Waals surface area contributed by atoms with Gasteiger partial charge in [0, 0.05) is 0 Å². The summed E-state index contributed by atoms with van der Waals surface area (Å²) in [4.78, 5) is 0. The first-order valence-electron chi connectivity index (χ1n) is 6.18. The summed E-state index contributed by atoms with van der Waals surface area (Å²) in [6, 6.07) is 0. The molecule has 1 unspecified atom stereocenters. The molecule has 1 rings (SSSR count). The van der Waals surface area contributed by atoms with Crippen molar-refractivity contribution < 1.29 is 14.9 Å². The predicted molar refractivity (Wildman–Crippen MR) is 61.9 cm³/mol. The van der Waals surface area contributed by atoms with Gasteiger partial charge in [0.05, 0.1) is 25.9 Å². The fourth-order valence-electron chi connectivity index (χ4n) is 1.39. The van der Waals surface area contributed by atoms with E-state index in [1.54, 1.807) is 0 Å². The molecule has 1 saturated heterocycles. The van der Waals surface area contributed by atoms with Crippen LogP contribution in [0.1, 0.15) is 51.9 Å². The molecule has 15 heavy (non-hydrogen) atoms. The number of epoxide rings is 1. The maximum atomic E-state index is 7.62. The Kier molecular flexibility index (Phi) is 11.9. The van der Waals surface area contributed by atoms with Gasteiger partial charge in [0.2, 0.25) is 0 Å². The number of hydrogen-bond acceptors (Lipinski definition) is 3. The largest absolute Gasteiger partial charge is 0.394 e. The van der Waals surface area contributed by atoms with Gasteiger partial charge < -0.3 is 14.9 Å². The van der Waals surface area contributed by atoms with Gasteiger partial charge in [-0.1, -0.05) is 45.4 Å². The third-order valence-electron chi connectivity index (χ3n) is 2.38. The van der Waals surface area contributed by atoms with Crippen LogP contribution in [0.5, 0.6) is 0 Å². The van der Waals surface area contributed by atoms with Crippen molar-refractivity contribution in [2.45, 2.75) is 58.0 Å². The standard InChI is InChI=1S/C10H20O.C2H6O2/c1-2-3-4-5-6-7-8-10-9-11-10;3-1-2-4/h10H,2-9H2,1H3;3-4H,1-2H2. The van der Waals surface area contributed by atoms with E-state index in [9.17, 15) is 0 Å². The number of rotatable bonds is 8. The van der Waals surface area contributed by atoms with Crippen LogP contribution < -0.4 is 0 Å². The first-order valence-corrected chi connectivity index (χ1v) is 6.18. The van der Waals surface area contributed by atoms with E-state index >= 15 is 0 Å². The molecule has 0 saturated carbocycles. The van der Waals surface area contributed by atoms with Gasteiger partial charge in [-0.25, -0.2) is 0 Å². The second-order valence-corrected chi connectivity index (χ2v) is 3.96. The Labute approximate surface area is 93.5 Å². The van der Waals surface area contributed by atoms with E-state index in [0.717, 1.165) is 6.61 Å². The maximum absolute atomic E-state index is 7.62.